The van der Waals surface area contributed by atoms with Crippen LogP contribution in [0.1, 0.15) is 105 Å². The van der Waals surface area contributed by atoms with Crippen LogP contribution in [0.15, 0.2) is 23.3 Å². The number of cyclic esters (lactones) is 1. The number of carbonyl (C=O) groups excluding carboxylic acids is 6. The molecule has 0 aromatic rings. The van der Waals surface area contributed by atoms with Crippen molar-refractivity contribution >= 4 is 76.2 Å². The predicted molar refractivity (Wildman–Crippen MR) is 235 cm³/mol. The van der Waals surface area contributed by atoms with Gasteiger partial charge >= 0.3 is 5.97 Å². The number of rotatable bonds is 6. The van der Waals surface area contributed by atoms with Crippen molar-refractivity contribution in [2.24, 2.45) is 41.4 Å². The molecule has 3 heterocycles. The van der Waals surface area contributed by atoms with Crippen LogP contribution in [-0.4, -0.2) is 107 Å². The Hall–Kier alpha value is -2.08. The second kappa shape index (κ2) is 21.8. The summed E-state index contributed by atoms with van der Waals surface area (Å²) in [6, 6.07) is -1.22. The minimum Gasteiger partial charge on any atom is -0.456 e. The second-order valence-electron chi connectivity index (χ2n) is 17.2. The number of amides is 1. The molecular weight excluding hydrogens is 988 g/mol. The zero-order chi connectivity index (χ0) is 43.9. The largest absolute Gasteiger partial charge is 0.456 e. The molecule has 1 amide bonds. The van der Waals surface area contributed by atoms with Crippen molar-refractivity contribution in [3.05, 3.63) is 23.3 Å². The van der Waals surface area contributed by atoms with Crippen molar-refractivity contribution in [3.63, 3.8) is 0 Å². The number of ether oxygens (including phenoxy) is 3. The summed E-state index contributed by atoms with van der Waals surface area (Å²) >= 11 is 3.22. The van der Waals surface area contributed by atoms with Gasteiger partial charge < -0.3 is 34.4 Å². The minimum atomic E-state index is -2.73. The fourth-order valence-electron chi connectivity index (χ4n) is 9.34. The van der Waals surface area contributed by atoms with Crippen molar-refractivity contribution in [1.82, 2.24) is 4.90 Å². The van der Waals surface area contributed by atoms with Crippen molar-refractivity contribution in [2.45, 2.75) is 148 Å². The van der Waals surface area contributed by atoms with E-state index < -0.39 is 93.2 Å². The number of ketones is 2. The maximum Gasteiger partial charge on any atom is 0.329 e. The van der Waals surface area contributed by atoms with Gasteiger partial charge in [0.1, 0.15) is 17.9 Å². The predicted octanol–water partition coefficient (Wildman–Crippen LogP) is 5.21. The van der Waals surface area contributed by atoms with Crippen LogP contribution >= 0.6 is 45.2 Å². The Kier molecular flexibility index (Phi) is 18.3. The van der Waals surface area contributed by atoms with Crippen LogP contribution in [0.25, 0.3) is 0 Å². The molecule has 2 bridgehead atoms. The van der Waals surface area contributed by atoms with Crippen LogP contribution in [0, 0.1) is 53.8 Å². The summed E-state index contributed by atoms with van der Waals surface area (Å²) in [6.07, 6.45) is 8.49. The first-order valence-corrected chi connectivity index (χ1v) is 23.0. The van der Waals surface area contributed by atoms with Gasteiger partial charge in [-0.2, -0.15) is 0 Å². The van der Waals surface area contributed by atoms with Crippen LogP contribution in [-0.2, 0) is 43.0 Å². The lowest BCUT2D eigenvalue weighted by atomic mass is 9.75. The molecule has 0 spiro atoms. The highest BCUT2D eigenvalue weighted by molar-refractivity contribution is 14.1. The van der Waals surface area contributed by atoms with Gasteiger partial charge in [-0.25, -0.2) is 4.79 Å². The summed E-state index contributed by atoms with van der Waals surface area (Å²) in [4.78, 5) is 84.2. The van der Waals surface area contributed by atoms with E-state index in [-0.39, 0.29) is 60.2 Å². The number of aliphatic hydroxyl groups excluding tert-OH is 2. The Labute approximate surface area is 375 Å². The van der Waals surface area contributed by atoms with Crippen molar-refractivity contribution in [2.75, 3.05) is 13.7 Å². The molecule has 1 saturated carbocycles. The van der Waals surface area contributed by atoms with Crippen LogP contribution in [0.3, 0.4) is 0 Å². The van der Waals surface area contributed by atoms with E-state index in [1.54, 1.807) is 66.1 Å². The van der Waals surface area contributed by atoms with E-state index in [0.29, 0.717) is 44.1 Å². The maximum atomic E-state index is 14.3. The lowest BCUT2D eigenvalue weighted by Crippen LogP contribution is -2.63. The Morgan fingerprint density at radius 1 is 1.02 bits per heavy atom. The number of terminal acetylenes is 1. The van der Waals surface area contributed by atoms with Crippen LogP contribution < -0.4 is 0 Å². The molecule has 0 aromatic heterocycles. The Balaban J connectivity index is 1.82. The van der Waals surface area contributed by atoms with Gasteiger partial charge in [-0.15, -0.1) is 12.3 Å². The number of aliphatic hydroxyl groups is 3. The van der Waals surface area contributed by atoms with E-state index in [4.69, 9.17) is 20.6 Å². The van der Waals surface area contributed by atoms with Crippen LogP contribution in [0.4, 0.5) is 0 Å². The fourth-order valence-corrected chi connectivity index (χ4v) is 10.6. The number of esters is 1. The molecule has 1 aliphatic carbocycles. The maximum absolute atomic E-state index is 14.3. The summed E-state index contributed by atoms with van der Waals surface area (Å²) in [5, 5.41) is 34.2. The summed E-state index contributed by atoms with van der Waals surface area (Å²) in [6.45, 7) is 8.67. The van der Waals surface area contributed by atoms with Crippen LogP contribution in [0.5, 0.6) is 0 Å². The minimum absolute atomic E-state index is 0.00549. The van der Waals surface area contributed by atoms with Gasteiger partial charge in [0, 0.05) is 43.7 Å². The van der Waals surface area contributed by atoms with Gasteiger partial charge in [-0.1, -0.05) is 38.5 Å². The van der Waals surface area contributed by atoms with Gasteiger partial charge in [-0.05, 0) is 135 Å². The van der Waals surface area contributed by atoms with E-state index in [1.165, 1.54) is 6.92 Å². The molecule has 0 radical (unpaired) electrons. The fraction of sp³-hybridized carbons (Fsp3) is 0.727. The molecule has 3 aliphatic heterocycles. The van der Waals surface area contributed by atoms with E-state index in [9.17, 15) is 44.1 Å². The average molecular weight is 1050 g/mol. The van der Waals surface area contributed by atoms with Crippen LogP contribution in [0.2, 0.25) is 0 Å². The summed E-state index contributed by atoms with van der Waals surface area (Å²) in [5.74, 6) is -8.48. The first-order valence-electron chi connectivity index (χ1n) is 20.9. The molecule has 15 heteroatoms. The van der Waals surface area contributed by atoms with E-state index in [2.05, 4.69) is 5.92 Å². The van der Waals surface area contributed by atoms with Gasteiger partial charge in [-0.3, -0.25) is 24.0 Å². The van der Waals surface area contributed by atoms with E-state index in [1.807, 2.05) is 26.0 Å². The van der Waals surface area contributed by atoms with Crippen molar-refractivity contribution in [3.8, 4) is 12.3 Å². The number of methoxy groups -OCH3 is 1. The molecular formula is C44H61I2NO12. The molecule has 328 valence electrons. The Morgan fingerprint density at radius 3 is 2.29 bits per heavy atom. The number of halogens is 2. The number of hydrogen-bond donors (Lipinski definition) is 3. The Morgan fingerprint density at radius 2 is 1.68 bits per heavy atom. The number of Topliss-reactive ketones (excluding diaryl/α,β-unsaturated/α-hetero) is 2. The number of allylic oxidation sites excluding steroid dienone is 3. The molecule has 0 aromatic carbocycles. The molecule has 3 N–H and O–H groups in total. The topological polar surface area (TPSA) is 194 Å². The van der Waals surface area contributed by atoms with E-state index >= 15 is 0 Å². The van der Waals surface area contributed by atoms with Gasteiger partial charge in [0.25, 0.3) is 11.7 Å². The quantitative estimate of drug-likeness (QED) is 0.0787. The summed E-state index contributed by atoms with van der Waals surface area (Å²) < 4.78 is 17.2. The Bertz CT molecular complexity index is 1690. The summed E-state index contributed by atoms with van der Waals surface area (Å²) in [5.41, 5.74) is 1.38. The van der Waals surface area contributed by atoms with E-state index in [0.717, 1.165) is 10.5 Å². The zero-order valence-electron chi connectivity index (χ0n) is 34.9. The van der Waals surface area contributed by atoms with Gasteiger partial charge in [0.2, 0.25) is 5.79 Å². The molecule has 4 aliphatic rings. The molecule has 0 unspecified atom stereocenters. The second-order valence-corrected chi connectivity index (χ2v) is 19.3. The number of hydrogen-bond acceptors (Lipinski definition) is 12. The number of piperidine rings is 1. The lowest BCUT2D eigenvalue weighted by molar-refractivity contribution is -0.278. The molecule has 3 fully saturated rings. The van der Waals surface area contributed by atoms with Gasteiger partial charge in [0.05, 0.1) is 36.3 Å². The molecule has 2 saturated heterocycles. The van der Waals surface area contributed by atoms with Crippen molar-refractivity contribution in [1.29, 1.82) is 0 Å². The first-order chi connectivity index (χ1) is 27.8. The number of carbonyl (C=O) groups is 6. The smallest absolute Gasteiger partial charge is 0.329 e. The molecule has 4 rings (SSSR count). The zero-order valence-corrected chi connectivity index (χ0v) is 39.3. The van der Waals surface area contributed by atoms with Gasteiger partial charge in [0.15, 0.2) is 7.58 Å². The highest BCUT2D eigenvalue weighted by Crippen LogP contribution is 2.44. The third kappa shape index (κ3) is 11.9. The first kappa shape index (κ1) is 49.6. The number of fused-ring (bicyclic) bond motifs is 3. The monoisotopic (exact) mass is 1050 g/mol. The number of nitrogens with zero attached hydrogens (tertiary/aromatic N) is 1. The molecule has 59 heavy (non-hydrogen) atoms. The van der Waals surface area contributed by atoms with Crippen molar-refractivity contribution < 1.29 is 58.3 Å². The summed E-state index contributed by atoms with van der Waals surface area (Å²) in [7, 11) is 1.54. The third-order valence-corrected chi connectivity index (χ3v) is 14.6. The SMILES string of the molecule is C#C[C@H]1C/C(C)=C\[C@@H](CC)C(=O)C[C@H](O)[C@@H](C)[C@@H](/C(C)=C\[C@@H]2CC[C@@H](O)[C@H](OC)C2)OC(=O)[C@@H]2CCCCN2C(=O)C(=O)[C@@]2(O)O[C@@H]([C@@H](C(=O)I)C1)[C@H](C(=O)I)C[C@@H]2C. The normalized spacial score (nSPS) is 39.8. The lowest BCUT2D eigenvalue weighted by Gasteiger charge is -2.46. The highest BCUT2D eigenvalue weighted by Gasteiger charge is 2.58. The standard InChI is InChI=1S/C44H61I2NO12/c1-8-27-16-23(3)17-29(9-2)35(50)22-34(49)26(6)37(24(4)18-28-13-14-33(48)36(21-28)57-7)58-43(55)32-12-10-11-15-47(32)42(54)39(51)44(56)25(5)19-30(40(45)52)38(59-44)31(20-27)41(46)53/h1,17-18,25-34,36-38,48-49,56H,9-16,19-22H2,2-7H3/b23-17-,24-18-/t25-,26+,27-,28-,29+,30+,31-,32-,33+,34-,36+,37+,38+,44-/m0/s1. The molecule has 13 nitrogen and oxygen atoms in total. The third-order valence-electron chi connectivity index (χ3n) is 13.0. The molecule has 14 atom stereocenters. The highest BCUT2D eigenvalue weighted by atomic mass is 127. The average Bonchev–Trinajstić information content (AvgIpc) is 3.20.